The summed E-state index contributed by atoms with van der Waals surface area (Å²) in [5.74, 6) is 0.229. The summed E-state index contributed by atoms with van der Waals surface area (Å²) in [7, 11) is 0. The molecule has 1 N–H and O–H groups in total. The summed E-state index contributed by atoms with van der Waals surface area (Å²) in [6.07, 6.45) is 1.22. The Morgan fingerprint density at radius 2 is 2.00 bits per heavy atom. The second-order valence-corrected chi connectivity index (χ2v) is 6.29. The fraction of sp³-hybridized carbons (Fsp3) is 0.294. The number of benzene rings is 1. The molecule has 0 fully saturated rings. The van der Waals surface area contributed by atoms with E-state index >= 15 is 0 Å². The smallest absolute Gasteiger partial charge is 0.331 e. The van der Waals surface area contributed by atoms with Gasteiger partial charge in [-0.05, 0) is 19.1 Å². The van der Waals surface area contributed by atoms with Gasteiger partial charge < -0.3 is 5.32 Å². The molecule has 0 saturated heterocycles. The molecular weight excluding hydrogens is 340 g/mol. The molecule has 0 bridgehead atoms. The molecule has 0 aliphatic carbocycles. The van der Waals surface area contributed by atoms with Crippen molar-refractivity contribution in [1.29, 1.82) is 5.26 Å². The molecule has 0 unspecified atom stereocenters. The van der Waals surface area contributed by atoms with Crippen molar-refractivity contribution in [1.82, 2.24) is 14.5 Å². The number of thioether (sulfide) groups is 1. The van der Waals surface area contributed by atoms with Gasteiger partial charge in [0.15, 0.2) is 0 Å². The Morgan fingerprint density at radius 3 is 2.64 bits per heavy atom. The van der Waals surface area contributed by atoms with Crippen LogP contribution in [0.25, 0.3) is 0 Å². The van der Waals surface area contributed by atoms with Gasteiger partial charge in [0.2, 0.25) is 5.91 Å². The summed E-state index contributed by atoms with van der Waals surface area (Å²) in [6, 6.07) is 11.5. The number of carbonyl (C=O) groups excluding carboxylic acids is 1. The van der Waals surface area contributed by atoms with Gasteiger partial charge in [-0.25, -0.2) is 9.36 Å². The van der Waals surface area contributed by atoms with Gasteiger partial charge >= 0.3 is 5.69 Å². The number of hydrogen-bond acceptors (Lipinski definition) is 5. The third-order valence-corrected chi connectivity index (χ3v) is 4.45. The molecule has 0 spiro atoms. The maximum Gasteiger partial charge on any atom is 0.331 e. The molecule has 1 aromatic carbocycles. The lowest BCUT2D eigenvalue weighted by atomic mass is 10.3. The van der Waals surface area contributed by atoms with Crippen LogP contribution in [-0.2, 0) is 17.9 Å². The molecule has 0 atom stereocenters. The van der Waals surface area contributed by atoms with Crippen LogP contribution < -0.4 is 16.6 Å². The summed E-state index contributed by atoms with van der Waals surface area (Å²) in [5.41, 5.74) is -1.50. The average molecular weight is 358 g/mol. The fourth-order valence-electron chi connectivity index (χ4n) is 2.17. The van der Waals surface area contributed by atoms with Crippen LogP contribution in [0.5, 0.6) is 0 Å². The van der Waals surface area contributed by atoms with E-state index in [0.29, 0.717) is 18.8 Å². The average Bonchev–Trinajstić information content (AvgIpc) is 2.63. The standard InChI is InChI=1S/C17H18N4O3S/c1-2-20-11-13(10-18)16(23)21(17(20)24)12-15(22)19-8-9-25-14-6-4-3-5-7-14/h3-7,11H,2,8-9,12H2,1H3,(H,19,22). The molecule has 1 amide bonds. The first-order chi connectivity index (χ1) is 12.1. The topological polar surface area (TPSA) is 96.9 Å². The van der Waals surface area contributed by atoms with Gasteiger partial charge in [0, 0.05) is 29.9 Å². The van der Waals surface area contributed by atoms with E-state index in [2.05, 4.69) is 5.32 Å². The fourth-order valence-corrected chi connectivity index (χ4v) is 2.96. The van der Waals surface area contributed by atoms with Gasteiger partial charge in [0.25, 0.3) is 5.56 Å². The maximum absolute atomic E-state index is 12.2. The minimum Gasteiger partial charge on any atom is -0.354 e. The number of nitrogens with one attached hydrogen (secondary N) is 1. The van der Waals surface area contributed by atoms with Crippen molar-refractivity contribution in [2.24, 2.45) is 0 Å². The molecular formula is C17H18N4O3S. The van der Waals surface area contributed by atoms with Crippen molar-refractivity contribution in [2.75, 3.05) is 12.3 Å². The van der Waals surface area contributed by atoms with Crippen molar-refractivity contribution in [3.8, 4) is 6.07 Å². The van der Waals surface area contributed by atoms with Crippen molar-refractivity contribution >= 4 is 17.7 Å². The first-order valence-electron chi connectivity index (χ1n) is 7.75. The van der Waals surface area contributed by atoms with Crippen LogP contribution in [0.2, 0.25) is 0 Å². The first kappa shape index (κ1) is 18.5. The lowest BCUT2D eigenvalue weighted by Crippen LogP contribution is -2.44. The number of aryl methyl sites for hydroxylation is 1. The Bertz CT molecular complexity index is 897. The SMILES string of the molecule is CCn1cc(C#N)c(=O)n(CC(=O)NCCSc2ccccc2)c1=O. The zero-order valence-corrected chi connectivity index (χ0v) is 14.6. The second-order valence-electron chi connectivity index (χ2n) is 5.13. The Balaban J connectivity index is 1.98. The molecule has 0 aliphatic heterocycles. The van der Waals surface area contributed by atoms with E-state index in [1.165, 1.54) is 10.8 Å². The molecule has 130 valence electrons. The minimum atomic E-state index is -0.744. The van der Waals surface area contributed by atoms with Crippen molar-refractivity contribution in [2.45, 2.75) is 24.9 Å². The molecule has 0 aliphatic rings. The summed E-state index contributed by atoms with van der Waals surface area (Å²) < 4.78 is 2.03. The molecule has 8 heteroatoms. The van der Waals surface area contributed by atoms with E-state index in [9.17, 15) is 14.4 Å². The number of carbonyl (C=O) groups is 1. The van der Waals surface area contributed by atoms with Crippen molar-refractivity contribution < 1.29 is 4.79 Å². The number of aromatic nitrogens is 2. The number of amides is 1. The maximum atomic E-state index is 12.2. The molecule has 2 aromatic rings. The third-order valence-electron chi connectivity index (χ3n) is 3.44. The molecule has 7 nitrogen and oxygen atoms in total. The third kappa shape index (κ3) is 4.84. The molecule has 1 aromatic heterocycles. The first-order valence-corrected chi connectivity index (χ1v) is 8.74. The summed E-state index contributed by atoms with van der Waals surface area (Å²) in [4.78, 5) is 37.4. The van der Waals surface area contributed by atoms with Gasteiger partial charge in [-0.2, -0.15) is 5.26 Å². The molecule has 2 rings (SSSR count). The van der Waals surface area contributed by atoms with E-state index in [1.54, 1.807) is 24.8 Å². The zero-order valence-electron chi connectivity index (χ0n) is 13.8. The highest BCUT2D eigenvalue weighted by atomic mass is 32.2. The number of nitriles is 1. The molecule has 1 heterocycles. The van der Waals surface area contributed by atoms with Crippen LogP contribution in [0.1, 0.15) is 12.5 Å². The molecule has 25 heavy (non-hydrogen) atoms. The van der Waals surface area contributed by atoms with Gasteiger partial charge in [0.05, 0.1) is 0 Å². The van der Waals surface area contributed by atoms with Crippen LogP contribution in [0.15, 0.2) is 51.0 Å². The lowest BCUT2D eigenvalue weighted by Gasteiger charge is -2.10. The highest BCUT2D eigenvalue weighted by Gasteiger charge is 2.13. The van der Waals surface area contributed by atoms with Crippen LogP contribution in [0.3, 0.4) is 0 Å². The van der Waals surface area contributed by atoms with E-state index in [1.807, 2.05) is 30.3 Å². The predicted molar refractivity (Wildman–Crippen MR) is 95.5 cm³/mol. The Kier molecular flexibility index (Phi) is 6.60. The lowest BCUT2D eigenvalue weighted by molar-refractivity contribution is -0.121. The quantitative estimate of drug-likeness (QED) is 0.584. The summed E-state index contributed by atoms with van der Waals surface area (Å²) >= 11 is 1.59. The zero-order chi connectivity index (χ0) is 18.2. The number of hydrogen-bond donors (Lipinski definition) is 1. The normalized spacial score (nSPS) is 10.2. The van der Waals surface area contributed by atoms with Crippen LogP contribution in [-0.4, -0.2) is 27.3 Å². The Morgan fingerprint density at radius 1 is 1.28 bits per heavy atom. The van der Waals surface area contributed by atoms with Gasteiger partial charge in [0.1, 0.15) is 18.2 Å². The number of rotatable bonds is 7. The van der Waals surface area contributed by atoms with E-state index in [4.69, 9.17) is 5.26 Å². The second kappa shape index (κ2) is 8.89. The van der Waals surface area contributed by atoms with E-state index in [-0.39, 0.29) is 5.56 Å². The summed E-state index contributed by atoms with van der Waals surface area (Å²) in [5, 5.41) is 11.7. The van der Waals surface area contributed by atoms with Gasteiger partial charge in [-0.3, -0.25) is 14.2 Å². The Hall–Kier alpha value is -2.79. The van der Waals surface area contributed by atoms with Gasteiger partial charge in [-0.1, -0.05) is 18.2 Å². The molecule has 0 radical (unpaired) electrons. The molecule has 0 saturated carbocycles. The van der Waals surface area contributed by atoms with Crippen LogP contribution >= 0.6 is 11.8 Å². The minimum absolute atomic E-state index is 0.158. The Labute approximate surface area is 148 Å². The monoisotopic (exact) mass is 358 g/mol. The highest BCUT2D eigenvalue weighted by Crippen LogP contribution is 2.15. The van der Waals surface area contributed by atoms with E-state index < -0.39 is 23.7 Å². The van der Waals surface area contributed by atoms with Crippen molar-refractivity contribution in [3.05, 3.63) is 62.9 Å². The highest BCUT2D eigenvalue weighted by molar-refractivity contribution is 7.99. The predicted octanol–water partition coefficient (Wildman–Crippen LogP) is 0.810. The van der Waals surface area contributed by atoms with Crippen LogP contribution in [0.4, 0.5) is 0 Å². The largest absolute Gasteiger partial charge is 0.354 e. The van der Waals surface area contributed by atoms with Gasteiger partial charge in [-0.15, -0.1) is 11.8 Å². The van der Waals surface area contributed by atoms with Crippen LogP contribution in [0, 0.1) is 11.3 Å². The van der Waals surface area contributed by atoms with E-state index in [0.717, 1.165) is 9.46 Å². The summed E-state index contributed by atoms with van der Waals surface area (Å²) in [6.45, 7) is 2.04. The van der Waals surface area contributed by atoms with Crippen molar-refractivity contribution in [3.63, 3.8) is 0 Å². The number of nitrogens with zero attached hydrogens (tertiary/aromatic N) is 3.